The van der Waals surface area contributed by atoms with Crippen molar-refractivity contribution in [3.05, 3.63) is 11.1 Å². The molecule has 0 unspecified atom stereocenters. The average Bonchev–Trinajstić information content (AvgIpc) is 3.17. The molecule has 146 valence electrons. The number of aliphatic hydroxyl groups is 1. The maximum Gasteiger partial charge on any atom is 0.185 e. The van der Waals surface area contributed by atoms with E-state index in [0.717, 1.165) is 62.7 Å². The van der Waals surface area contributed by atoms with Crippen LogP contribution in [0, 0.1) is 11.3 Å². The molecule has 1 aromatic heterocycles. The Hall–Kier alpha value is -0.730. The zero-order valence-corrected chi connectivity index (χ0v) is 16.5. The molecule has 3 atom stereocenters. The van der Waals surface area contributed by atoms with Crippen LogP contribution in [0.2, 0.25) is 0 Å². The number of hydrogen-bond donors (Lipinski definition) is 1. The third kappa shape index (κ3) is 3.64. The number of morpholine rings is 1. The molecule has 3 aliphatic rings. The molecule has 1 N–H and O–H groups in total. The van der Waals surface area contributed by atoms with Gasteiger partial charge in [-0.05, 0) is 31.6 Å². The molecule has 0 aromatic carbocycles. The third-order valence-electron chi connectivity index (χ3n) is 6.62. The van der Waals surface area contributed by atoms with Crippen LogP contribution in [-0.2, 0) is 16.1 Å². The Kier molecular flexibility index (Phi) is 5.81. The summed E-state index contributed by atoms with van der Waals surface area (Å²) >= 11 is 1.65. The zero-order chi connectivity index (χ0) is 18.0. The molecule has 1 saturated carbocycles. The molecule has 0 bridgehead atoms. The van der Waals surface area contributed by atoms with Crippen LogP contribution < -0.4 is 4.90 Å². The number of aliphatic hydroxyl groups excluding tert-OH is 1. The lowest BCUT2D eigenvalue weighted by molar-refractivity contribution is -0.0539. The molecule has 7 heteroatoms. The minimum absolute atomic E-state index is 0.0252. The fourth-order valence-corrected chi connectivity index (χ4v) is 6.08. The van der Waals surface area contributed by atoms with Crippen LogP contribution in [0.4, 0.5) is 5.13 Å². The van der Waals surface area contributed by atoms with Gasteiger partial charge in [-0.15, -0.1) is 11.3 Å². The molecule has 6 nitrogen and oxygen atoms in total. The van der Waals surface area contributed by atoms with Crippen molar-refractivity contribution in [2.24, 2.45) is 11.3 Å². The third-order valence-corrected chi connectivity index (χ3v) is 7.57. The summed E-state index contributed by atoms with van der Waals surface area (Å²) in [5.74, 6) is 0.720. The van der Waals surface area contributed by atoms with Gasteiger partial charge in [-0.3, -0.25) is 4.90 Å². The highest BCUT2D eigenvalue weighted by Crippen LogP contribution is 2.48. The zero-order valence-electron chi connectivity index (χ0n) is 15.7. The summed E-state index contributed by atoms with van der Waals surface area (Å²) in [6, 6.07) is 0.710. The second-order valence-corrected chi connectivity index (χ2v) is 8.90. The van der Waals surface area contributed by atoms with Gasteiger partial charge in [0.05, 0.1) is 32.1 Å². The molecule has 4 rings (SSSR count). The van der Waals surface area contributed by atoms with Gasteiger partial charge in [-0.1, -0.05) is 0 Å². The number of methoxy groups -OCH3 is 1. The smallest absolute Gasteiger partial charge is 0.185 e. The lowest BCUT2D eigenvalue weighted by Crippen LogP contribution is -2.57. The van der Waals surface area contributed by atoms with E-state index >= 15 is 0 Å². The van der Waals surface area contributed by atoms with Gasteiger partial charge in [0.25, 0.3) is 0 Å². The quantitative estimate of drug-likeness (QED) is 0.842. The number of ether oxygens (including phenoxy) is 2. The average molecular weight is 382 g/mol. The number of aromatic nitrogens is 1. The first-order valence-corrected chi connectivity index (χ1v) is 10.7. The van der Waals surface area contributed by atoms with Gasteiger partial charge in [-0.2, -0.15) is 0 Å². The molecule has 0 radical (unpaired) electrons. The van der Waals surface area contributed by atoms with Crippen LogP contribution >= 0.6 is 11.3 Å². The number of thiazole rings is 1. The van der Waals surface area contributed by atoms with E-state index in [4.69, 9.17) is 9.47 Å². The predicted octanol–water partition coefficient (Wildman–Crippen LogP) is 1.98. The molecular formula is C19H31N3O3S. The number of rotatable bonds is 5. The Morgan fingerprint density at radius 2 is 2.19 bits per heavy atom. The number of fused-ring (bicyclic) bond motifs is 1. The van der Waals surface area contributed by atoms with Gasteiger partial charge in [0.1, 0.15) is 0 Å². The van der Waals surface area contributed by atoms with Crippen LogP contribution in [0.3, 0.4) is 0 Å². The second-order valence-electron chi connectivity index (χ2n) is 8.06. The van der Waals surface area contributed by atoms with Crippen LogP contribution in [-0.4, -0.2) is 74.1 Å². The highest BCUT2D eigenvalue weighted by molar-refractivity contribution is 7.13. The van der Waals surface area contributed by atoms with E-state index < -0.39 is 0 Å². The first kappa shape index (κ1) is 18.6. The summed E-state index contributed by atoms with van der Waals surface area (Å²) in [6.07, 6.45) is 4.98. The molecule has 0 amide bonds. The summed E-state index contributed by atoms with van der Waals surface area (Å²) in [5.41, 5.74) is 1.02. The van der Waals surface area contributed by atoms with E-state index in [2.05, 4.69) is 14.8 Å². The normalized spacial score (nSPS) is 33.2. The SMILES string of the molecule is COC[C@@]12CC[C@@H](N3CCOCC3)C[C@H]1CCN(c1nc(CO)cs1)C2. The summed E-state index contributed by atoms with van der Waals surface area (Å²) in [4.78, 5) is 9.68. The molecule has 3 fully saturated rings. The molecule has 1 aliphatic carbocycles. The van der Waals surface area contributed by atoms with Gasteiger partial charge in [0, 0.05) is 50.1 Å². The van der Waals surface area contributed by atoms with Crippen LogP contribution in [0.1, 0.15) is 31.4 Å². The van der Waals surface area contributed by atoms with Crippen LogP contribution in [0.15, 0.2) is 5.38 Å². The van der Waals surface area contributed by atoms with Crippen molar-refractivity contribution in [3.8, 4) is 0 Å². The van der Waals surface area contributed by atoms with Crippen molar-refractivity contribution >= 4 is 16.5 Å². The van der Waals surface area contributed by atoms with Gasteiger partial charge in [-0.25, -0.2) is 4.98 Å². The first-order chi connectivity index (χ1) is 12.7. The fourth-order valence-electron chi connectivity index (χ4n) is 5.23. The fraction of sp³-hybridized carbons (Fsp3) is 0.842. The van der Waals surface area contributed by atoms with Gasteiger partial charge in [0.2, 0.25) is 0 Å². The highest BCUT2D eigenvalue weighted by Gasteiger charge is 2.48. The van der Waals surface area contributed by atoms with Crippen molar-refractivity contribution in [1.29, 1.82) is 0 Å². The number of piperidine rings is 1. The van der Waals surface area contributed by atoms with Crippen LogP contribution in [0.25, 0.3) is 0 Å². The van der Waals surface area contributed by atoms with Crippen molar-refractivity contribution in [2.45, 2.75) is 38.3 Å². The molecular weight excluding hydrogens is 350 g/mol. The van der Waals surface area contributed by atoms with Gasteiger partial charge in [0.15, 0.2) is 5.13 Å². The minimum atomic E-state index is 0.0252. The molecule has 2 saturated heterocycles. The van der Waals surface area contributed by atoms with E-state index in [1.807, 2.05) is 12.5 Å². The Morgan fingerprint density at radius 3 is 2.92 bits per heavy atom. The highest BCUT2D eigenvalue weighted by atomic mass is 32.1. The summed E-state index contributed by atoms with van der Waals surface area (Å²) in [5, 5.41) is 12.3. The Balaban J connectivity index is 1.47. The number of anilines is 1. The first-order valence-electron chi connectivity index (χ1n) is 9.85. The predicted molar refractivity (Wildman–Crippen MR) is 103 cm³/mol. The lowest BCUT2D eigenvalue weighted by atomic mass is 9.62. The van der Waals surface area contributed by atoms with Crippen molar-refractivity contribution in [2.75, 3.05) is 58.0 Å². The summed E-state index contributed by atoms with van der Waals surface area (Å²) in [6.45, 7) is 6.89. The van der Waals surface area contributed by atoms with Crippen LogP contribution in [0.5, 0.6) is 0 Å². The maximum atomic E-state index is 9.32. The van der Waals surface area contributed by atoms with Crippen molar-refractivity contribution in [1.82, 2.24) is 9.88 Å². The standard InChI is InChI=1S/C19H31N3O3S/c1-24-14-19-4-2-17(21-6-8-25-9-7-21)10-15(19)3-5-22(13-19)18-20-16(11-23)12-26-18/h12,15,17,23H,2-11,13-14H2,1H3/t15-,17-,19+/m1/s1. The monoisotopic (exact) mass is 381 g/mol. The van der Waals surface area contributed by atoms with Crippen molar-refractivity contribution in [3.63, 3.8) is 0 Å². The second kappa shape index (κ2) is 8.10. The number of hydrogen-bond acceptors (Lipinski definition) is 7. The van der Waals surface area contributed by atoms with Crippen molar-refractivity contribution < 1.29 is 14.6 Å². The topological polar surface area (TPSA) is 58.1 Å². The molecule has 26 heavy (non-hydrogen) atoms. The maximum absolute atomic E-state index is 9.32. The summed E-state index contributed by atoms with van der Waals surface area (Å²) < 4.78 is 11.3. The lowest BCUT2D eigenvalue weighted by Gasteiger charge is -2.54. The van der Waals surface area contributed by atoms with E-state index in [9.17, 15) is 5.11 Å². The van der Waals surface area contributed by atoms with E-state index in [0.29, 0.717) is 6.04 Å². The minimum Gasteiger partial charge on any atom is -0.390 e. The van der Waals surface area contributed by atoms with E-state index in [-0.39, 0.29) is 12.0 Å². The Morgan fingerprint density at radius 1 is 1.35 bits per heavy atom. The van der Waals surface area contributed by atoms with E-state index in [1.54, 1.807) is 11.3 Å². The van der Waals surface area contributed by atoms with Gasteiger partial charge < -0.3 is 19.5 Å². The Labute approximate surface area is 160 Å². The molecule has 3 heterocycles. The summed E-state index contributed by atoms with van der Waals surface area (Å²) in [7, 11) is 1.84. The molecule has 1 aromatic rings. The Bertz CT molecular complexity index is 592. The largest absolute Gasteiger partial charge is 0.390 e. The molecule has 2 aliphatic heterocycles. The number of nitrogens with zero attached hydrogens (tertiary/aromatic N) is 3. The molecule has 0 spiro atoms. The van der Waals surface area contributed by atoms with Gasteiger partial charge >= 0.3 is 0 Å². The van der Waals surface area contributed by atoms with E-state index in [1.165, 1.54) is 25.7 Å².